The average molecular weight is 715 g/mol. The molecule has 0 radical (unpaired) electrons. The van der Waals surface area contributed by atoms with E-state index in [1.807, 2.05) is 12.1 Å². The maximum absolute atomic E-state index is 5.12. The van der Waals surface area contributed by atoms with E-state index < -0.39 is 0 Å². The van der Waals surface area contributed by atoms with Gasteiger partial charge < -0.3 is 9.13 Å². The van der Waals surface area contributed by atoms with Gasteiger partial charge in [-0.1, -0.05) is 146 Å². The second kappa shape index (κ2) is 13.1. The first-order valence-electron chi connectivity index (χ1n) is 19.0. The quantitative estimate of drug-likeness (QED) is 0.172. The van der Waals surface area contributed by atoms with Crippen LogP contribution in [-0.4, -0.2) is 19.1 Å². The second-order valence-electron chi connectivity index (χ2n) is 14.2. The zero-order valence-corrected chi connectivity index (χ0v) is 30.4. The van der Waals surface area contributed by atoms with Crippen LogP contribution in [0.4, 0.5) is 0 Å². The lowest BCUT2D eigenvalue weighted by atomic mass is 9.96. The summed E-state index contributed by atoms with van der Waals surface area (Å²) in [6.45, 7) is 0. The fraction of sp³-hybridized carbons (Fsp3) is 0. The SMILES string of the molecule is c1ccc(-c2cc(-c3ccccc3)nc(-c3ccc(-n4c5ccccc5c5c(-c6ccccc6)cc6c(c7ccccc7n6-c6ccccc6)c54)cc3)n2)cc1. The molecule has 56 heavy (non-hydrogen) atoms. The minimum absolute atomic E-state index is 0.693. The molecule has 0 aliphatic rings. The van der Waals surface area contributed by atoms with Gasteiger partial charge in [-0.15, -0.1) is 0 Å². The minimum Gasteiger partial charge on any atom is -0.309 e. The van der Waals surface area contributed by atoms with Crippen LogP contribution in [0.3, 0.4) is 0 Å². The van der Waals surface area contributed by atoms with E-state index in [2.05, 4.69) is 203 Å². The number of aromatic nitrogens is 4. The summed E-state index contributed by atoms with van der Waals surface area (Å²) in [7, 11) is 0. The maximum Gasteiger partial charge on any atom is 0.160 e. The summed E-state index contributed by atoms with van der Waals surface area (Å²) in [5.74, 6) is 0.693. The molecule has 0 unspecified atom stereocenters. The monoisotopic (exact) mass is 714 g/mol. The van der Waals surface area contributed by atoms with Crippen molar-refractivity contribution in [2.75, 3.05) is 0 Å². The van der Waals surface area contributed by atoms with Crippen molar-refractivity contribution < 1.29 is 0 Å². The minimum atomic E-state index is 0.693. The molecule has 0 spiro atoms. The standard InChI is InChI=1S/C52H34N4/c1-5-17-35(18-6-1)43-33-48-50(42-26-14-15-27-46(42)55(48)39-23-11-4-12-24-39)51-49(43)41-25-13-16-28-47(41)56(51)40-31-29-38(30-32-40)52-53-44(36-19-7-2-8-20-36)34-45(54-52)37-21-9-3-10-22-37/h1-34H. The van der Waals surface area contributed by atoms with E-state index in [1.54, 1.807) is 0 Å². The van der Waals surface area contributed by atoms with Gasteiger partial charge in [-0.25, -0.2) is 9.97 Å². The van der Waals surface area contributed by atoms with Gasteiger partial charge in [0, 0.05) is 49.6 Å². The fourth-order valence-corrected chi connectivity index (χ4v) is 8.42. The molecular formula is C52H34N4. The molecule has 0 fully saturated rings. The average Bonchev–Trinajstić information content (AvgIpc) is 3.80. The fourth-order valence-electron chi connectivity index (χ4n) is 8.42. The Labute approximate surface area is 324 Å². The van der Waals surface area contributed by atoms with Crippen molar-refractivity contribution >= 4 is 43.6 Å². The highest BCUT2D eigenvalue weighted by Crippen LogP contribution is 2.46. The molecule has 3 heterocycles. The molecule has 262 valence electrons. The van der Waals surface area contributed by atoms with E-state index in [9.17, 15) is 0 Å². The van der Waals surface area contributed by atoms with Crippen LogP contribution < -0.4 is 0 Å². The molecule has 4 heteroatoms. The highest BCUT2D eigenvalue weighted by Gasteiger charge is 2.24. The second-order valence-corrected chi connectivity index (χ2v) is 14.2. The molecule has 0 N–H and O–H groups in total. The molecular weight excluding hydrogens is 681 g/mol. The zero-order valence-electron chi connectivity index (χ0n) is 30.4. The van der Waals surface area contributed by atoms with Crippen molar-refractivity contribution in [3.63, 3.8) is 0 Å². The van der Waals surface area contributed by atoms with E-state index in [-0.39, 0.29) is 0 Å². The molecule has 0 saturated heterocycles. The van der Waals surface area contributed by atoms with E-state index in [0.29, 0.717) is 5.82 Å². The van der Waals surface area contributed by atoms with E-state index >= 15 is 0 Å². The predicted octanol–water partition coefficient (Wildman–Crippen LogP) is 13.3. The van der Waals surface area contributed by atoms with E-state index in [1.165, 1.54) is 49.2 Å². The van der Waals surface area contributed by atoms with Crippen LogP contribution in [0.5, 0.6) is 0 Å². The lowest BCUT2D eigenvalue weighted by Gasteiger charge is -2.13. The molecule has 4 nitrogen and oxygen atoms in total. The third-order valence-corrected chi connectivity index (χ3v) is 10.9. The molecule has 0 aliphatic heterocycles. The van der Waals surface area contributed by atoms with Crippen LogP contribution >= 0.6 is 0 Å². The third kappa shape index (κ3) is 5.15. The number of benzene rings is 8. The van der Waals surface area contributed by atoms with Crippen molar-refractivity contribution in [3.8, 4) is 56.4 Å². The highest BCUT2D eigenvalue weighted by atomic mass is 15.0. The molecule has 8 aromatic carbocycles. The highest BCUT2D eigenvalue weighted by molar-refractivity contribution is 6.29. The Balaban J connectivity index is 1.19. The summed E-state index contributed by atoms with van der Waals surface area (Å²) in [6.07, 6.45) is 0. The number of para-hydroxylation sites is 3. The first-order valence-corrected chi connectivity index (χ1v) is 19.0. The van der Waals surface area contributed by atoms with Gasteiger partial charge in [-0.05, 0) is 71.8 Å². The lowest BCUT2D eigenvalue weighted by Crippen LogP contribution is -1.98. The Kier molecular flexibility index (Phi) is 7.46. The van der Waals surface area contributed by atoms with E-state index in [4.69, 9.17) is 9.97 Å². The van der Waals surface area contributed by atoms with Gasteiger partial charge in [-0.2, -0.15) is 0 Å². The molecule has 0 bridgehead atoms. The zero-order chi connectivity index (χ0) is 37.0. The number of hydrogen-bond acceptors (Lipinski definition) is 2. The Hall–Kier alpha value is -7.56. The molecule has 3 aromatic heterocycles. The Bertz CT molecular complexity index is 3140. The molecule has 0 amide bonds. The van der Waals surface area contributed by atoms with E-state index in [0.717, 1.165) is 45.0 Å². The predicted molar refractivity (Wildman–Crippen MR) is 232 cm³/mol. The third-order valence-electron chi connectivity index (χ3n) is 10.9. The Morgan fingerprint density at radius 2 is 0.786 bits per heavy atom. The van der Waals surface area contributed by atoms with Crippen LogP contribution in [0.25, 0.3) is 100 Å². The first-order chi connectivity index (χ1) is 27.8. The summed E-state index contributed by atoms with van der Waals surface area (Å²) in [6, 6.07) is 73.1. The van der Waals surface area contributed by atoms with Crippen LogP contribution in [0, 0.1) is 0 Å². The molecule has 0 saturated carbocycles. The first kappa shape index (κ1) is 31.9. The van der Waals surface area contributed by atoms with Crippen LogP contribution in [-0.2, 0) is 0 Å². The molecule has 0 atom stereocenters. The smallest absolute Gasteiger partial charge is 0.160 e. The number of nitrogens with zero attached hydrogens (tertiary/aromatic N) is 4. The number of fused-ring (bicyclic) bond motifs is 7. The Morgan fingerprint density at radius 3 is 1.38 bits per heavy atom. The summed E-state index contributed by atoms with van der Waals surface area (Å²) in [5.41, 5.74) is 14.2. The van der Waals surface area contributed by atoms with Crippen molar-refractivity contribution in [2.45, 2.75) is 0 Å². The van der Waals surface area contributed by atoms with Gasteiger partial charge in [0.15, 0.2) is 5.82 Å². The number of rotatable bonds is 6. The van der Waals surface area contributed by atoms with Gasteiger partial charge in [0.1, 0.15) is 0 Å². The topological polar surface area (TPSA) is 35.6 Å². The molecule has 11 aromatic rings. The lowest BCUT2D eigenvalue weighted by molar-refractivity contribution is 1.16. The summed E-state index contributed by atoms with van der Waals surface area (Å²) >= 11 is 0. The van der Waals surface area contributed by atoms with Gasteiger partial charge in [-0.3, -0.25) is 0 Å². The van der Waals surface area contributed by atoms with Gasteiger partial charge in [0.05, 0.1) is 33.5 Å². The van der Waals surface area contributed by atoms with Gasteiger partial charge in [0.25, 0.3) is 0 Å². The van der Waals surface area contributed by atoms with Crippen LogP contribution in [0.15, 0.2) is 206 Å². The summed E-state index contributed by atoms with van der Waals surface area (Å²) < 4.78 is 4.88. The van der Waals surface area contributed by atoms with Crippen molar-refractivity contribution in [3.05, 3.63) is 206 Å². The molecule has 0 aliphatic carbocycles. The van der Waals surface area contributed by atoms with Gasteiger partial charge in [0.2, 0.25) is 0 Å². The van der Waals surface area contributed by atoms with Gasteiger partial charge >= 0.3 is 0 Å². The summed E-state index contributed by atoms with van der Waals surface area (Å²) in [5, 5.41) is 4.91. The van der Waals surface area contributed by atoms with Crippen molar-refractivity contribution in [1.82, 2.24) is 19.1 Å². The van der Waals surface area contributed by atoms with Crippen molar-refractivity contribution in [1.29, 1.82) is 0 Å². The van der Waals surface area contributed by atoms with Crippen LogP contribution in [0.1, 0.15) is 0 Å². The Morgan fingerprint density at radius 1 is 0.321 bits per heavy atom. The van der Waals surface area contributed by atoms with Crippen LogP contribution in [0.2, 0.25) is 0 Å². The molecule has 11 rings (SSSR count). The number of hydrogen-bond donors (Lipinski definition) is 0. The largest absolute Gasteiger partial charge is 0.309 e. The maximum atomic E-state index is 5.12. The normalized spacial score (nSPS) is 11.6. The van der Waals surface area contributed by atoms with Crippen molar-refractivity contribution in [2.24, 2.45) is 0 Å². The summed E-state index contributed by atoms with van der Waals surface area (Å²) in [4.78, 5) is 10.2.